The van der Waals surface area contributed by atoms with Gasteiger partial charge >= 0.3 is 6.09 Å². The largest absolute Gasteiger partial charge is 0.444 e. The zero-order valence-corrected chi connectivity index (χ0v) is 33.0. The van der Waals surface area contributed by atoms with Crippen molar-refractivity contribution in [3.05, 3.63) is 107 Å². The van der Waals surface area contributed by atoms with Gasteiger partial charge in [-0.05, 0) is 109 Å². The lowest BCUT2D eigenvalue weighted by atomic mass is 10.0. The lowest BCUT2D eigenvalue weighted by molar-refractivity contribution is -0.109. The van der Waals surface area contributed by atoms with Gasteiger partial charge in [0.1, 0.15) is 5.60 Å². The fourth-order valence-corrected chi connectivity index (χ4v) is 6.19. The molecule has 0 spiro atoms. The summed E-state index contributed by atoms with van der Waals surface area (Å²) in [5.41, 5.74) is 4.95. The highest BCUT2D eigenvalue weighted by Gasteiger charge is 2.19. The van der Waals surface area contributed by atoms with Crippen LogP contribution in [0.3, 0.4) is 0 Å². The van der Waals surface area contributed by atoms with Crippen molar-refractivity contribution >= 4 is 46.8 Å². The van der Waals surface area contributed by atoms with Crippen LogP contribution in [0.2, 0.25) is 0 Å². The second-order valence-electron chi connectivity index (χ2n) is 11.9. The molecular weight excluding hydrogens is 675 g/mol. The third-order valence-electron chi connectivity index (χ3n) is 6.61. The monoisotopic (exact) mass is 727 g/mol. The van der Waals surface area contributed by atoms with Gasteiger partial charge in [-0.1, -0.05) is 49.9 Å². The van der Waals surface area contributed by atoms with Crippen molar-refractivity contribution in [1.82, 2.24) is 24.6 Å². The van der Waals surface area contributed by atoms with Crippen molar-refractivity contribution in [2.45, 2.75) is 80.4 Å². The van der Waals surface area contributed by atoms with Gasteiger partial charge < -0.3 is 15.4 Å². The lowest BCUT2D eigenvalue weighted by Gasteiger charge is -2.22. The Labute approximate surface area is 313 Å². The number of ether oxygens (including phenoxy) is 1. The second kappa shape index (κ2) is 23.5. The van der Waals surface area contributed by atoms with Crippen LogP contribution in [0.5, 0.6) is 0 Å². The molecule has 1 unspecified atom stereocenters. The van der Waals surface area contributed by atoms with Gasteiger partial charge in [-0.15, -0.1) is 24.2 Å². The van der Waals surface area contributed by atoms with Gasteiger partial charge in [0.05, 0.1) is 6.04 Å². The smallest absolute Gasteiger partial charge is 0.407 e. The summed E-state index contributed by atoms with van der Waals surface area (Å²) in [5, 5.41) is 6.50. The van der Waals surface area contributed by atoms with Crippen LogP contribution in [-0.4, -0.2) is 44.6 Å². The summed E-state index contributed by atoms with van der Waals surface area (Å²) in [7, 11) is 0. The number of carbonyl (C=O) groups excluding carboxylic acids is 2. The van der Waals surface area contributed by atoms with Crippen molar-refractivity contribution in [1.29, 1.82) is 0 Å². The number of hydrogen-bond donors (Lipinski definition) is 2. The molecule has 272 valence electrons. The number of hydrogen-bond acceptors (Lipinski definition) is 7. The van der Waals surface area contributed by atoms with Gasteiger partial charge in [0, 0.05) is 63.2 Å². The van der Waals surface area contributed by atoms with Crippen molar-refractivity contribution in [2.75, 3.05) is 6.54 Å². The molecule has 0 aromatic carbocycles. The third-order valence-corrected chi connectivity index (χ3v) is 8.50. The van der Waals surface area contributed by atoms with E-state index in [0.717, 1.165) is 33.5 Å². The van der Waals surface area contributed by atoms with Crippen molar-refractivity contribution in [3.8, 4) is 34.4 Å². The van der Waals surface area contributed by atoms with Crippen LogP contribution < -0.4 is 10.6 Å². The molecule has 4 heterocycles. The Morgan fingerprint density at radius 3 is 2.39 bits per heavy atom. The van der Waals surface area contributed by atoms with Gasteiger partial charge in [-0.2, -0.15) is 0 Å². The molecule has 0 saturated heterocycles. The summed E-state index contributed by atoms with van der Waals surface area (Å²) in [6.45, 7) is 21.7. The molecule has 0 saturated carbocycles. The number of allylic oxidation sites excluding steroid dienone is 5. The predicted molar refractivity (Wildman–Crippen MR) is 220 cm³/mol. The highest BCUT2D eigenvalue weighted by atomic mass is 32.2. The molecule has 0 aliphatic carbocycles. The third kappa shape index (κ3) is 15.3. The average molecular weight is 728 g/mol. The summed E-state index contributed by atoms with van der Waals surface area (Å²) in [6.07, 6.45) is 26.6. The summed E-state index contributed by atoms with van der Waals surface area (Å²) < 4.78 is 7.23. The van der Waals surface area contributed by atoms with Crippen LogP contribution in [0.25, 0.3) is 32.6 Å². The molecular formula is C41H53N5O3S2. The van der Waals surface area contributed by atoms with Gasteiger partial charge in [-0.25, -0.2) is 9.78 Å². The molecule has 8 nitrogen and oxygen atoms in total. The van der Waals surface area contributed by atoms with E-state index in [1.54, 1.807) is 32.7 Å². The Hall–Kier alpha value is -4.85. The number of rotatable bonds is 11. The minimum absolute atomic E-state index is 0.271. The zero-order chi connectivity index (χ0) is 38.4. The van der Waals surface area contributed by atoms with E-state index in [9.17, 15) is 9.59 Å². The molecule has 10 heteroatoms. The Kier molecular flexibility index (Phi) is 20.4. The van der Waals surface area contributed by atoms with E-state index in [1.807, 2.05) is 101 Å². The first-order chi connectivity index (χ1) is 24.4. The van der Waals surface area contributed by atoms with E-state index in [0.29, 0.717) is 6.41 Å². The van der Waals surface area contributed by atoms with E-state index in [-0.39, 0.29) is 12.6 Å². The number of fused-ring (bicyclic) bond motifs is 1. The van der Waals surface area contributed by atoms with Gasteiger partial charge in [0.15, 0.2) is 5.65 Å². The number of nitrogens with one attached hydrogen (secondary N) is 2. The van der Waals surface area contributed by atoms with E-state index in [1.165, 1.54) is 20.9 Å². The molecule has 4 aromatic heterocycles. The number of alkyl carbamates (subject to hydrolysis) is 1. The summed E-state index contributed by atoms with van der Waals surface area (Å²) >= 11 is 3.41. The maximum atomic E-state index is 11.6. The lowest BCUT2D eigenvalue weighted by Crippen LogP contribution is -2.43. The number of aromatic nitrogens is 3. The first-order valence-electron chi connectivity index (χ1n) is 16.6. The number of amides is 2. The number of thiophene rings is 1. The molecule has 0 fully saturated rings. The van der Waals surface area contributed by atoms with Crippen LogP contribution in [0.15, 0.2) is 103 Å². The Bertz CT molecular complexity index is 1770. The minimum Gasteiger partial charge on any atom is -0.444 e. The van der Waals surface area contributed by atoms with Crippen LogP contribution in [0.4, 0.5) is 4.79 Å². The van der Waals surface area contributed by atoms with Gasteiger partial charge in [0.25, 0.3) is 0 Å². The maximum absolute atomic E-state index is 11.6. The van der Waals surface area contributed by atoms with E-state index in [4.69, 9.17) is 4.74 Å². The van der Waals surface area contributed by atoms with Crippen LogP contribution in [0.1, 0.15) is 66.7 Å². The molecule has 0 aliphatic rings. The Balaban J connectivity index is 0.000000452. The van der Waals surface area contributed by atoms with E-state index < -0.39 is 11.7 Å². The standard InChI is InChI=1S/C20H17N3S2.C15H26N2O3.C4H8.C2H2/c1-13(2)25-23-10-7-17-16(6-9-22-20(17)23)19-18(11-14(3)24-19)15-5-4-8-21-12-15;1-6-8-9-12(7-2)13(17-11-18)10-16-14(19)20-15(3,4)5;1-3-4-2;1-2/h4-12H,1H2,2-3H3;7-9,11,13H,6,10H2,1-5H3,(H,16,19)(H,17,18);3-4H,1-2H3;1-2H/b;9-8-,12-7+;4-3-;. The molecule has 2 N–H and O–H groups in total. The van der Waals surface area contributed by atoms with Crippen molar-refractivity contribution in [3.63, 3.8) is 0 Å². The number of nitrogens with zero attached hydrogens (tertiary/aromatic N) is 3. The fraction of sp³-hybridized carbons (Fsp3) is 0.317. The maximum Gasteiger partial charge on any atom is 0.407 e. The predicted octanol–water partition coefficient (Wildman–Crippen LogP) is 10.5. The number of pyridine rings is 2. The molecule has 0 aliphatic heterocycles. The molecule has 0 radical (unpaired) electrons. The summed E-state index contributed by atoms with van der Waals surface area (Å²) in [6, 6.07) is 10.3. The highest BCUT2D eigenvalue weighted by Crippen LogP contribution is 2.42. The molecule has 2 amide bonds. The first kappa shape index (κ1) is 44.2. The molecule has 4 aromatic rings. The topological polar surface area (TPSA) is 98.1 Å². The zero-order valence-electron chi connectivity index (χ0n) is 31.4. The van der Waals surface area contributed by atoms with Gasteiger partial charge in [0.2, 0.25) is 6.41 Å². The summed E-state index contributed by atoms with van der Waals surface area (Å²) in [4.78, 5) is 34.7. The Morgan fingerprint density at radius 1 is 1.14 bits per heavy atom. The molecule has 4 rings (SSSR count). The van der Waals surface area contributed by atoms with Crippen molar-refractivity contribution in [2.24, 2.45) is 0 Å². The molecule has 0 bridgehead atoms. The van der Waals surface area contributed by atoms with Crippen LogP contribution in [-0.2, 0) is 9.53 Å². The number of carbonyl (C=O) groups is 2. The summed E-state index contributed by atoms with van der Waals surface area (Å²) in [5.74, 6) is 0. The van der Waals surface area contributed by atoms with Crippen molar-refractivity contribution < 1.29 is 14.3 Å². The average Bonchev–Trinajstić information content (AvgIpc) is 3.71. The van der Waals surface area contributed by atoms with E-state index in [2.05, 4.69) is 81.4 Å². The number of aryl methyl sites for hydroxylation is 1. The fourth-order valence-electron chi connectivity index (χ4n) is 4.43. The normalized spacial score (nSPS) is 11.7. The molecule has 51 heavy (non-hydrogen) atoms. The van der Waals surface area contributed by atoms with Crippen LogP contribution >= 0.6 is 23.3 Å². The Morgan fingerprint density at radius 2 is 1.84 bits per heavy atom. The minimum atomic E-state index is -0.538. The van der Waals surface area contributed by atoms with E-state index >= 15 is 0 Å². The first-order valence-corrected chi connectivity index (χ1v) is 18.2. The number of terminal acetylenes is 1. The quantitative estimate of drug-likeness (QED) is 0.0691. The second-order valence-corrected chi connectivity index (χ2v) is 14.4. The van der Waals surface area contributed by atoms with Gasteiger partial charge in [-0.3, -0.25) is 13.8 Å². The van der Waals surface area contributed by atoms with Crippen LogP contribution in [0, 0.1) is 19.8 Å². The SMILES string of the molecule is C#C.C/C=C(\C=C/CC)C(CNC(=O)OC(C)(C)C)NC=O.C/C=C\C.C=C(C)Sn1ccc2c(-c3sc(C)cc3-c3cccnc3)ccnc21. The molecule has 1 atom stereocenters. The highest BCUT2D eigenvalue weighted by molar-refractivity contribution is 8.01.